The van der Waals surface area contributed by atoms with Gasteiger partial charge in [0.1, 0.15) is 11.5 Å². The van der Waals surface area contributed by atoms with Crippen LogP contribution in [0.15, 0.2) is 30.6 Å². The summed E-state index contributed by atoms with van der Waals surface area (Å²) in [4.78, 5) is 8.63. The monoisotopic (exact) mass is 396 g/mol. The predicted molar refractivity (Wildman–Crippen MR) is 98.7 cm³/mol. The van der Waals surface area contributed by atoms with Crippen molar-refractivity contribution in [2.45, 2.75) is 32.2 Å². The van der Waals surface area contributed by atoms with Gasteiger partial charge >= 0.3 is 0 Å². The second-order valence-corrected chi connectivity index (χ2v) is 7.97. The van der Waals surface area contributed by atoms with Gasteiger partial charge in [-0.25, -0.2) is 18.2 Å². The van der Waals surface area contributed by atoms with Crippen LogP contribution in [0.4, 0.5) is 13.2 Å². The highest BCUT2D eigenvalue weighted by Crippen LogP contribution is 2.66. The van der Waals surface area contributed by atoms with Gasteiger partial charge < -0.3 is 0 Å². The number of hydrogen-bond acceptors (Lipinski definition) is 4. The van der Waals surface area contributed by atoms with Gasteiger partial charge in [0.25, 0.3) is 5.92 Å². The molecule has 0 aromatic carbocycles. The number of hydrogen-bond donors (Lipinski definition) is 1. The molecule has 5 heterocycles. The molecule has 4 aromatic heterocycles. The number of aromatic nitrogens is 6. The lowest BCUT2D eigenvalue weighted by molar-refractivity contribution is 0.0630. The minimum atomic E-state index is -2.67. The van der Waals surface area contributed by atoms with Crippen LogP contribution in [0, 0.1) is 18.2 Å². The number of aryl methyl sites for hydroxylation is 1. The molecule has 0 radical (unpaired) electrons. The number of fused-ring (bicyclic) bond motifs is 2. The van der Waals surface area contributed by atoms with Crippen LogP contribution < -0.4 is 0 Å². The van der Waals surface area contributed by atoms with Crippen molar-refractivity contribution in [3.8, 4) is 22.5 Å². The summed E-state index contributed by atoms with van der Waals surface area (Å²) in [5.41, 5.74) is 3.66. The van der Waals surface area contributed by atoms with Gasteiger partial charge in [0, 0.05) is 40.7 Å². The van der Waals surface area contributed by atoms with E-state index in [2.05, 4.69) is 25.3 Å². The standard InChI is InChI=1S/C20H15F3N6/c1-10-4-12(13-7-25-27-18(13)26-10)16-15-5-19(8-20(19,22)23)9-29(15)28-17(16)14-3-2-11(21)6-24-14/h2-4,6-7H,5,8-9H2,1H3,(H,25,26,27)/t19-/m1/s1. The van der Waals surface area contributed by atoms with E-state index in [0.717, 1.165) is 34.1 Å². The Morgan fingerprint density at radius 3 is 2.76 bits per heavy atom. The van der Waals surface area contributed by atoms with Crippen LogP contribution in [-0.2, 0) is 13.0 Å². The molecule has 0 bridgehead atoms. The lowest BCUT2D eigenvalue weighted by atomic mass is 9.94. The molecule has 0 saturated heterocycles. The van der Waals surface area contributed by atoms with E-state index in [0.29, 0.717) is 17.0 Å². The van der Waals surface area contributed by atoms with E-state index in [1.165, 1.54) is 6.07 Å². The first kappa shape index (κ1) is 16.7. The average Bonchev–Trinajstić information content (AvgIpc) is 3.11. The summed E-state index contributed by atoms with van der Waals surface area (Å²) in [5.74, 6) is -3.12. The van der Waals surface area contributed by atoms with E-state index >= 15 is 0 Å². The number of aromatic amines is 1. The van der Waals surface area contributed by atoms with E-state index in [9.17, 15) is 13.2 Å². The van der Waals surface area contributed by atoms with Gasteiger partial charge in [-0.15, -0.1) is 0 Å². The molecule has 6 rings (SSSR count). The Morgan fingerprint density at radius 1 is 1.21 bits per heavy atom. The normalized spacial score (nSPS) is 21.8. The van der Waals surface area contributed by atoms with Crippen molar-refractivity contribution in [3.05, 3.63) is 47.8 Å². The first-order chi connectivity index (χ1) is 13.9. The molecule has 1 aliphatic heterocycles. The minimum Gasteiger partial charge on any atom is -0.267 e. The maximum absolute atomic E-state index is 14.1. The zero-order valence-corrected chi connectivity index (χ0v) is 15.4. The lowest BCUT2D eigenvalue weighted by Crippen LogP contribution is -2.13. The summed E-state index contributed by atoms with van der Waals surface area (Å²) in [7, 11) is 0. The Balaban J connectivity index is 1.62. The number of rotatable bonds is 2. The molecule has 29 heavy (non-hydrogen) atoms. The summed E-state index contributed by atoms with van der Waals surface area (Å²) >= 11 is 0. The highest BCUT2D eigenvalue weighted by atomic mass is 19.3. The average molecular weight is 396 g/mol. The SMILES string of the molecule is Cc1cc(-c2c(-c3ccc(F)cn3)nn3c2C[C@]2(C3)CC2(F)F)c2cn[nH]c2n1. The highest BCUT2D eigenvalue weighted by Gasteiger charge is 2.73. The molecule has 4 aromatic rings. The molecule has 1 atom stereocenters. The molecule has 6 nitrogen and oxygen atoms in total. The van der Waals surface area contributed by atoms with Crippen LogP contribution in [0.25, 0.3) is 33.5 Å². The fourth-order valence-corrected chi connectivity index (χ4v) is 4.46. The molecular weight excluding hydrogens is 381 g/mol. The Labute approximate surface area is 162 Å². The van der Waals surface area contributed by atoms with Gasteiger partial charge in [0.05, 0.1) is 30.0 Å². The second kappa shape index (κ2) is 5.22. The van der Waals surface area contributed by atoms with Crippen molar-refractivity contribution < 1.29 is 13.2 Å². The topological polar surface area (TPSA) is 72.3 Å². The van der Waals surface area contributed by atoms with Crippen LogP contribution in [0.3, 0.4) is 0 Å². The van der Waals surface area contributed by atoms with Crippen LogP contribution >= 0.6 is 0 Å². The van der Waals surface area contributed by atoms with Gasteiger partial charge in [-0.05, 0) is 25.1 Å². The van der Waals surface area contributed by atoms with Crippen molar-refractivity contribution in [1.82, 2.24) is 29.9 Å². The first-order valence-corrected chi connectivity index (χ1v) is 9.27. The van der Waals surface area contributed by atoms with Gasteiger partial charge in [-0.3, -0.25) is 14.8 Å². The van der Waals surface area contributed by atoms with Gasteiger partial charge in [-0.1, -0.05) is 0 Å². The summed E-state index contributed by atoms with van der Waals surface area (Å²) in [6.45, 7) is 2.03. The smallest absolute Gasteiger partial charge is 0.256 e. The Hall–Kier alpha value is -3.23. The fraction of sp³-hybridized carbons (Fsp3) is 0.300. The first-order valence-electron chi connectivity index (χ1n) is 9.27. The molecule has 1 fully saturated rings. The van der Waals surface area contributed by atoms with E-state index in [1.54, 1.807) is 16.9 Å². The molecule has 1 saturated carbocycles. The summed E-state index contributed by atoms with van der Waals surface area (Å²) in [6.07, 6.45) is 2.92. The summed E-state index contributed by atoms with van der Waals surface area (Å²) in [6, 6.07) is 4.77. The van der Waals surface area contributed by atoms with Crippen molar-refractivity contribution in [2.75, 3.05) is 0 Å². The van der Waals surface area contributed by atoms with Gasteiger partial charge in [0.2, 0.25) is 0 Å². The molecule has 2 aliphatic rings. The zero-order valence-electron chi connectivity index (χ0n) is 15.4. The Kier molecular flexibility index (Phi) is 3.01. The van der Waals surface area contributed by atoms with Crippen molar-refractivity contribution in [3.63, 3.8) is 0 Å². The molecular formula is C20H15F3N6. The number of nitrogens with zero attached hydrogens (tertiary/aromatic N) is 5. The molecule has 9 heteroatoms. The maximum Gasteiger partial charge on any atom is 0.256 e. The molecule has 1 spiro atoms. The Morgan fingerprint density at radius 2 is 2.03 bits per heavy atom. The maximum atomic E-state index is 14.1. The molecule has 0 unspecified atom stereocenters. The third-order valence-corrected chi connectivity index (χ3v) is 6.02. The van der Waals surface area contributed by atoms with Crippen molar-refractivity contribution in [1.29, 1.82) is 0 Å². The quantitative estimate of drug-likeness (QED) is 0.558. The largest absolute Gasteiger partial charge is 0.267 e. The van der Waals surface area contributed by atoms with Crippen molar-refractivity contribution in [2.24, 2.45) is 5.41 Å². The predicted octanol–water partition coefficient (Wildman–Crippen LogP) is 3.91. The lowest BCUT2D eigenvalue weighted by Gasteiger charge is -2.10. The van der Waals surface area contributed by atoms with Crippen LogP contribution in [0.2, 0.25) is 0 Å². The minimum absolute atomic E-state index is 0.122. The number of H-pyrrole nitrogens is 1. The molecule has 1 aliphatic carbocycles. The van der Waals surface area contributed by atoms with Crippen LogP contribution in [0.1, 0.15) is 17.8 Å². The number of halogens is 3. The molecule has 1 N–H and O–H groups in total. The zero-order chi connectivity index (χ0) is 20.0. The Bertz CT molecular complexity index is 1290. The summed E-state index contributed by atoms with van der Waals surface area (Å²) in [5, 5.41) is 12.4. The van der Waals surface area contributed by atoms with Crippen LogP contribution in [-0.4, -0.2) is 35.9 Å². The van der Waals surface area contributed by atoms with E-state index in [1.807, 2.05) is 13.0 Å². The highest BCUT2D eigenvalue weighted by molar-refractivity contribution is 5.97. The number of alkyl halides is 2. The number of pyridine rings is 2. The van der Waals surface area contributed by atoms with Crippen LogP contribution in [0.5, 0.6) is 0 Å². The third-order valence-electron chi connectivity index (χ3n) is 6.02. The fourth-order valence-electron chi connectivity index (χ4n) is 4.46. The summed E-state index contributed by atoms with van der Waals surface area (Å²) < 4.78 is 43.2. The van der Waals surface area contributed by atoms with E-state index in [-0.39, 0.29) is 19.4 Å². The van der Waals surface area contributed by atoms with E-state index in [4.69, 9.17) is 0 Å². The second-order valence-electron chi connectivity index (χ2n) is 7.97. The number of nitrogens with one attached hydrogen (secondary N) is 1. The van der Waals surface area contributed by atoms with Gasteiger partial charge in [-0.2, -0.15) is 10.2 Å². The molecule has 0 amide bonds. The van der Waals surface area contributed by atoms with Gasteiger partial charge in [0.15, 0.2) is 5.65 Å². The molecule has 146 valence electrons. The third kappa shape index (κ3) is 2.24. The van der Waals surface area contributed by atoms with E-state index < -0.39 is 17.2 Å². The van der Waals surface area contributed by atoms with Crippen molar-refractivity contribution >= 4 is 11.0 Å².